The van der Waals surface area contributed by atoms with Gasteiger partial charge in [-0.05, 0) is 77.6 Å². The number of fused-ring (bicyclic) bond motifs is 12. The first-order valence-corrected chi connectivity index (χ1v) is 16.3. The summed E-state index contributed by atoms with van der Waals surface area (Å²) >= 11 is 0. The van der Waals surface area contributed by atoms with Crippen LogP contribution in [0.3, 0.4) is 0 Å². The molecule has 0 bridgehead atoms. The molecule has 5 heteroatoms. The van der Waals surface area contributed by atoms with Gasteiger partial charge in [0.05, 0.1) is 16.9 Å². The molecule has 4 heterocycles. The second-order valence-electron chi connectivity index (χ2n) is 15.3. The van der Waals surface area contributed by atoms with E-state index in [1.54, 1.807) is 0 Å². The van der Waals surface area contributed by atoms with E-state index in [0.29, 0.717) is 5.41 Å². The van der Waals surface area contributed by atoms with Crippen molar-refractivity contribution in [3.05, 3.63) is 120 Å². The maximum atomic E-state index is 4.74. The summed E-state index contributed by atoms with van der Waals surface area (Å²) in [5.74, 6) is 0. The molecule has 4 aromatic carbocycles. The SMILES string of the molecule is Cc1cn2c3ccc(CC(C)(C)C)cc3c3ccc[c-]c3c2n1.Cc1cn2c3ccc(CC(C)(C)C)cc3c3ccccc3c2n1.[Ir]. The minimum Gasteiger partial charge on any atom is -0.340 e. The molecule has 0 saturated heterocycles. The fourth-order valence-electron chi connectivity index (χ4n) is 6.95. The fraction of sp³-hybridized carbons (Fsp3) is 0.286. The molecule has 4 aromatic heterocycles. The molecule has 47 heavy (non-hydrogen) atoms. The fourth-order valence-corrected chi connectivity index (χ4v) is 6.95. The summed E-state index contributed by atoms with van der Waals surface area (Å²) in [5, 5.41) is 7.44. The molecule has 0 fully saturated rings. The van der Waals surface area contributed by atoms with Gasteiger partial charge in [-0.1, -0.05) is 89.4 Å². The number of hydrogen-bond acceptors (Lipinski definition) is 2. The zero-order valence-corrected chi connectivity index (χ0v) is 31.1. The Morgan fingerprint density at radius 3 is 1.64 bits per heavy atom. The molecule has 0 N–H and O–H groups in total. The second kappa shape index (κ2) is 12.2. The van der Waals surface area contributed by atoms with Crippen LogP contribution in [0.4, 0.5) is 0 Å². The van der Waals surface area contributed by atoms with E-state index in [0.717, 1.165) is 40.9 Å². The van der Waals surface area contributed by atoms with E-state index < -0.39 is 0 Å². The van der Waals surface area contributed by atoms with Gasteiger partial charge in [0, 0.05) is 54.5 Å². The molecule has 241 valence electrons. The van der Waals surface area contributed by atoms with E-state index in [4.69, 9.17) is 9.97 Å². The largest absolute Gasteiger partial charge is 0.340 e. The Hall–Kier alpha value is -4.05. The van der Waals surface area contributed by atoms with Crippen molar-refractivity contribution >= 4 is 54.6 Å². The Bertz CT molecular complexity index is 2240. The number of imidazole rings is 2. The summed E-state index contributed by atoms with van der Waals surface area (Å²) in [6.07, 6.45) is 6.40. The number of aromatic nitrogens is 4. The summed E-state index contributed by atoms with van der Waals surface area (Å²) in [6, 6.07) is 31.9. The van der Waals surface area contributed by atoms with Crippen LogP contribution in [0.25, 0.3) is 54.6 Å². The molecule has 0 aliphatic carbocycles. The van der Waals surface area contributed by atoms with E-state index in [-0.39, 0.29) is 25.5 Å². The second-order valence-corrected chi connectivity index (χ2v) is 15.3. The van der Waals surface area contributed by atoms with Crippen molar-refractivity contribution < 1.29 is 20.1 Å². The van der Waals surface area contributed by atoms with Crippen LogP contribution in [0.15, 0.2) is 91.3 Å². The van der Waals surface area contributed by atoms with E-state index in [9.17, 15) is 0 Å². The van der Waals surface area contributed by atoms with Gasteiger partial charge in [0.25, 0.3) is 0 Å². The molecular formula is C42H43IrN4-. The van der Waals surface area contributed by atoms with Gasteiger partial charge in [-0.2, -0.15) is 0 Å². The monoisotopic (exact) mass is 796 g/mol. The van der Waals surface area contributed by atoms with Crippen molar-refractivity contribution in [3.63, 3.8) is 0 Å². The van der Waals surface area contributed by atoms with E-state index in [1.165, 1.54) is 49.1 Å². The minimum atomic E-state index is 0. The summed E-state index contributed by atoms with van der Waals surface area (Å²) in [5.41, 5.74) is 9.93. The Balaban J connectivity index is 0.000000161. The number of benzene rings is 4. The molecule has 0 atom stereocenters. The van der Waals surface area contributed by atoms with Gasteiger partial charge in [0.15, 0.2) is 0 Å². The Kier molecular flexibility index (Phi) is 8.53. The Morgan fingerprint density at radius 2 is 1.06 bits per heavy atom. The van der Waals surface area contributed by atoms with Gasteiger partial charge in [-0.25, -0.2) is 4.98 Å². The maximum absolute atomic E-state index is 4.74. The number of hydrogen-bond donors (Lipinski definition) is 0. The molecule has 1 radical (unpaired) electrons. The summed E-state index contributed by atoms with van der Waals surface area (Å²) in [6.45, 7) is 17.8. The van der Waals surface area contributed by atoms with Gasteiger partial charge in [0.1, 0.15) is 5.65 Å². The van der Waals surface area contributed by atoms with Crippen LogP contribution in [0.2, 0.25) is 0 Å². The van der Waals surface area contributed by atoms with Gasteiger partial charge >= 0.3 is 0 Å². The van der Waals surface area contributed by atoms with E-state index in [2.05, 4.69) is 149 Å². The molecule has 0 aliphatic rings. The van der Waals surface area contributed by atoms with Gasteiger partial charge in [0.2, 0.25) is 0 Å². The number of nitrogens with zero attached hydrogens (tertiary/aromatic N) is 4. The summed E-state index contributed by atoms with van der Waals surface area (Å²) in [4.78, 5) is 9.44. The predicted molar refractivity (Wildman–Crippen MR) is 195 cm³/mol. The van der Waals surface area contributed by atoms with Crippen LogP contribution >= 0.6 is 0 Å². The molecule has 8 aromatic rings. The number of rotatable bonds is 2. The van der Waals surface area contributed by atoms with Crippen molar-refractivity contribution in [3.8, 4) is 0 Å². The average Bonchev–Trinajstić information content (AvgIpc) is 3.59. The Labute approximate surface area is 291 Å². The van der Waals surface area contributed by atoms with Crippen LogP contribution in [-0.4, -0.2) is 18.8 Å². The molecule has 0 aliphatic heterocycles. The van der Waals surface area contributed by atoms with Crippen LogP contribution < -0.4 is 0 Å². The third-order valence-electron chi connectivity index (χ3n) is 8.59. The zero-order chi connectivity index (χ0) is 32.4. The van der Waals surface area contributed by atoms with Crippen LogP contribution in [0.1, 0.15) is 64.1 Å². The first kappa shape index (κ1) is 32.9. The zero-order valence-electron chi connectivity index (χ0n) is 28.7. The van der Waals surface area contributed by atoms with Crippen molar-refractivity contribution in [2.75, 3.05) is 0 Å². The van der Waals surface area contributed by atoms with Gasteiger partial charge in [-0.3, -0.25) is 9.38 Å². The van der Waals surface area contributed by atoms with Crippen LogP contribution in [0, 0.1) is 30.7 Å². The van der Waals surface area contributed by atoms with Gasteiger partial charge < -0.3 is 4.40 Å². The predicted octanol–water partition coefficient (Wildman–Crippen LogP) is 10.9. The normalized spacial score (nSPS) is 12.3. The van der Waals surface area contributed by atoms with Crippen molar-refractivity contribution in [2.45, 2.75) is 68.2 Å². The molecule has 0 spiro atoms. The van der Waals surface area contributed by atoms with Crippen molar-refractivity contribution in [1.82, 2.24) is 18.8 Å². The smallest absolute Gasteiger partial charge is 0.145 e. The first-order valence-electron chi connectivity index (χ1n) is 16.3. The number of pyridine rings is 2. The van der Waals surface area contributed by atoms with Gasteiger partial charge in [-0.15, -0.1) is 29.7 Å². The third-order valence-corrected chi connectivity index (χ3v) is 8.59. The topological polar surface area (TPSA) is 34.6 Å². The molecule has 8 rings (SSSR count). The van der Waals surface area contributed by atoms with Crippen LogP contribution in [-0.2, 0) is 32.9 Å². The maximum Gasteiger partial charge on any atom is 0.145 e. The molecule has 0 saturated carbocycles. The van der Waals surface area contributed by atoms with Crippen molar-refractivity contribution in [2.24, 2.45) is 10.8 Å². The summed E-state index contributed by atoms with van der Waals surface area (Å²) in [7, 11) is 0. The van der Waals surface area contributed by atoms with Crippen molar-refractivity contribution in [1.29, 1.82) is 0 Å². The first-order chi connectivity index (χ1) is 21.8. The molecule has 0 amide bonds. The minimum absolute atomic E-state index is 0. The average molecular weight is 796 g/mol. The summed E-state index contributed by atoms with van der Waals surface area (Å²) < 4.78 is 4.43. The third kappa shape index (κ3) is 6.44. The molecular weight excluding hydrogens is 753 g/mol. The quantitative estimate of drug-likeness (QED) is 0.129. The Morgan fingerprint density at radius 1 is 0.574 bits per heavy atom. The molecule has 0 unspecified atom stereocenters. The molecule has 4 nitrogen and oxygen atoms in total. The standard InChI is InChI=1S/C21H22N2.C21H21N2.Ir/c2*1-14-13-23-19-10-9-15(12-21(2,3)4)11-18(19)16-7-5-6-8-17(16)20(23)22-14;/h5-11,13H,12H2,1-4H3;5-7,9-11,13H,12H2,1-4H3;/q;-1;. The number of aryl methyl sites for hydroxylation is 2. The van der Waals surface area contributed by atoms with Crippen LogP contribution in [0.5, 0.6) is 0 Å². The van der Waals surface area contributed by atoms with E-state index in [1.807, 2.05) is 13.0 Å². The van der Waals surface area contributed by atoms with E-state index >= 15 is 0 Å².